The number of aryl methyl sites for hydroxylation is 1. The summed E-state index contributed by atoms with van der Waals surface area (Å²) in [5.74, 6) is -0.922. The van der Waals surface area contributed by atoms with Crippen molar-refractivity contribution in [2.45, 2.75) is 58.0 Å². The predicted octanol–water partition coefficient (Wildman–Crippen LogP) is 5.04. The number of thiophene rings is 1. The van der Waals surface area contributed by atoms with E-state index in [2.05, 4.69) is 15.6 Å². The molecular formula is C21H26ClN3O3S. The largest absolute Gasteiger partial charge is 0.480 e. The van der Waals surface area contributed by atoms with Crippen LogP contribution in [0, 0.1) is 12.8 Å². The van der Waals surface area contributed by atoms with Gasteiger partial charge in [0, 0.05) is 11.1 Å². The van der Waals surface area contributed by atoms with Gasteiger partial charge in [0.05, 0.1) is 27.3 Å². The predicted molar refractivity (Wildman–Crippen MR) is 116 cm³/mol. The zero-order chi connectivity index (χ0) is 21.0. The minimum absolute atomic E-state index is 0.0470. The SMILES string of the molecule is Cc1ncc(Cl)cc1NC(C)c1ccc(C(=O)NC(CC2CCCC2)C(=O)O)s1. The van der Waals surface area contributed by atoms with Gasteiger partial charge in [-0.2, -0.15) is 0 Å². The fraction of sp³-hybridized carbons (Fsp3) is 0.476. The van der Waals surface area contributed by atoms with Gasteiger partial charge in [-0.3, -0.25) is 9.78 Å². The first-order chi connectivity index (χ1) is 13.8. The van der Waals surface area contributed by atoms with Crippen LogP contribution in [0.2, 0.25) is 5.02 Å². The van der Waals surface area contributed by atoms with Crippen LogP contribution in [0.25, 0.3) is 0 Å². The second-order valence-corrected chi connectivity index (χ2v) is 9.16. The Bertz CT molecular complexity index is 880. The normalized spacial score (nSPS) is 16.4. The molecule has 2 aromatic rings. The van der Waals surface area contributed by atoms with Gasteiger partial charge < -0.3 is 15.7 Å². The average molecular weight is 436 g/mol. The third-order valence-electron chi connectivity index (χ3n) is 5.35. The molecule has 1 aliphatic carbocycles. The number of nitrogens with one attached hydrogen (secondary N) is 2. The number of halogens is 1. The van der Waals surface area contributed by atoms with Gasteiger partial charge in [-0.1, -0.05) is 37.3 Å². The second kappa shape index (κ2) is 9.59. The molecule has 29 heavy (non-hydrogen) atoms. The van der Waals surface area contributed by atoms with Gasteiger partial charge in [-0.25, -0.2) is 4.79 Å². The van der Waals surface area contributed by atoms with Gasteiger partial charge in [-0.05, 0) is 44.4 Å². The lowest BCUT2D eigenvalue weighted by molar-refractivity contribution is -0.139. The van der Waals surface area contributed by atoms with Crippen molar-refractivity contribution in [2.24, 2.45) is 5.92 Å². The fourth-order valence-corrected chi connectivity index (χ4v) is 4.77. The molecule has 2 unspecified atom stereocenters. The number of hydrogen-bond donors (Lipinski definition) is 3. The monoisotopic (exact) mass is 435 g/mol. The number of pyridine rings is 1. The van der Waals surface area contributed by atoms with Crippen molar-refractivity contribution in [1.82, 2.24) is 10.3 Å². The summed E-state index contributed by atoms with van der Waals surface area (Å²) in [7, 11) is 0. The Hall–Kier alpha value is -2.12. The van der Waals surface area contributed by atoms with E-state index in [0.29, 0.717) is 22.2 Å². The van der Waals surface area contributed by atoms with Gasteiger partial charge in [0.25, 0.3) is 5.91 Å². The van der Waals surface area contributed by atoms with Gasteiger partial charge in [0.15, 0.2) is 0 Å². The van der Waals surface area contributed by atoms with Crippen LogP contribution in [0.1, 0.15) is 65.3 Å². The van der Waals surface area contributed by atoms with Crippen LogP contribution in [0.15, 0.2) is 24.4 Å². The summed E-state index contributed by atoms with van der Waals surface area (Å²) in [6.45, 7) is 3.89. The van der Waals surface area contributed by atoms with Crippen molar-refractivity contribution >= 4 is 40.5 Å². The number of hydrogen-bond acceptors (Lipinski definition) is 5. The number of carboxylic acids is 1. The summed E-state index contributed by atoms with van der Waals surface area (Å²) in [6.07, 6.45) is 6.48. The molecule has 3 N–H and O–H groups in total. The Balaban J connectivity index is 1.63. The van der Waals surface area contributed by atoms with E-state index in [1.165, 1.54) is 11.3 Å². The average Bonchev–Trinajstić information content (AvgIpc) is 3.36. The van der Waals surface area contributed by atoms with E-state index < -0.39 is 12.0 Å². The molecule has 2 aromatic heterocycles. The van der Waals surface area contributed by atoms with Gasteiger partial charge >= 0.3 is 5.97 Å². The van der Waals surface area contributed by atoms with E-state index in [1.54, 1.807) is 12.3 Å². The zero-order valence-corrected chi connectivity index (χ0v) is 18.1. The minimum atomic E-state index is -0.971. The summed E-state index contributed by atoms with van der Waals surface area (Å²) in [6, 6.07) is 4.56. The maximum atomic E-state index is 12.6. The van der Waals surface area contributed by atoms with Gasteiger partial charge in [0.1, 0.15) is 6.04 Å². The molecule has 156 valence electrons. The molecule has 6 nitrogen and oxygen atoms in total. The highest BCUT2D eigenvalue weighted by Crippen LogP contribution is 2.30. The van der Waals surface area contributed by atoms with Crippen LogP contribution in [0.5, 0.6) is 0 Å². The van der Waals surface area contributed by atoms with Crippen molar-refractivity contribution in [1.29, 1.82) is 0 Å². The smallest absolute Gasteiger partial charge is 0.326 e. The summed E-state index contributed by atoms with van der Waals surface area (Å²) in [5.41, 5.74) is 1.68. The summed E-state index contributed by atoms with van der Waals surface area (Å²) < 4.78 is 0. The highest BCUT2D eigenvalue weighted by Gasteiger charge is 2.27. The molecule has 2 atom stereocenters. The van der Waals surface area contributed by atoms with Crippen molar-refractivity contribution in [3.63, 3.8) is 0 Å². The number of anilines is 1. The van der Waals surface area contributed by atoms with Crippen LogP contribution in [0.3, 0.4) is 0 Å². The topological polar surface area (TPSA) is 91.3 Å². The Kier molecular flexibility index (Phi) is 7.14. The van der Waals surface area contributed by atoms with E-state index in [0.717, 1.165) is 41.9 Å². The zero-order valence-electron chi connectivity index (χ0n) is 16.6. The molecule has 0 aromatic carbocycles. The van der Waals surface area contributed by atoms with E-state index in [9.17, 15) is 14.7 Å². The molecule has 0 bridgehead atoms. The van der Waals surface area contributed by atoms with Crippen molar-refractivity contribution in [3.05, 3.63) is 44.9 Å². The van der Waals surface area contributed by atoms with Crippen LogP contribution in [-0.2, 0) is 4.79 Å². The quantitative estimate of drug-likeness (QED) is 0.540. The molecule has 1 saturated carbocycles. The maximum Gasteiger partial charge on any atom is 0.326 e. The van der Waals surface area contributed by atoms with Crippen molar-refractivity contribution < 1.29 is 14.7 Å². The first-order valence-corrected chi connectivity index (χ1v) is 11.0. The second-order valence-electron chi connectivity index (χ2n) is 7.61. The molecule has 0 aliphatic heterocycles. The Morgan fingerprint density at radius 2 is 2.07 bits per heavy atom. The number of carboxylic acid groups (broad SMARTS) is 1. The van der Waals surface area contributed by atoms with Gasteiger partial charge in [0.2, 0.25) is 0 Å². The lowest BCUT2D eigenvalue weighted by atomic mass is 9.98. The molecule has 0 saturated heterocycles. The first-order valence-electron chi connectivity index (χ1n) is 9.85. The lowest BCUT2D eigenvalue weighted by Crippen LogP contribution is -2.41. The lowest BCUT2D eigenvalue weighted by Gasteiger charge is -2.18. The van der Waals surface area contributed by atoms with E-state index in [1.807, 2.05) is 26.0 Å². The molecule has 1 fully saturated rings. The number of carbonyl (C=O) groups is 2. The molecule has 1 aliphatic rings. The first kappa shape index (κ1) is 21.6. The standard InChI is InChI=1S/C21H26ClN3O3S/c1-12-16(10-15(22)11-23-12)24-13(2)18-7-8-19(29-18)20(26)25-17(21(27)28)9-14-5-3-4-6-14/h7-8,10-11,13-14,17,24H,3-6,9H2,1-2H3,(H,25,26)(H,27,28). The Morgan fingerprint density at radius 1 is 1.34 bits per heavy atom. The number of nitrogens with zero attached hydrogens (tertiary/aromatic N) is 1. The summed E-state index contributed by atoms with van der Waals surface area (Å²) >= 11 is 7.38. The Labute approximate surface area is 179 Å². The summed E-state index contributed by atoms with van der Waals surface area (Å²) in [4.78, 5) is 29.9. The third kappa shape index (κ3) is 5.70. The minimum Gasteiger partial charge on any atom is -0.480 e. The number of rotatable bonds is 8. The van der Waals surface area contributed by atoms with Gasteiger partial charge in [-0.15, -0.1) is 11.3 Å². The molecule has 0 radical (unpaired) electrons. The summed E-state index contributed by atoms with van der Waals surface area (Å²) in [5, 5.41) is 16.1. The number of aromatic nitrogens is 1. The Morgan fingerprint density at radius 3 is 2.76 bits per heavy atom. The van der Waals surface area contributed by atoms with Crippen LogP contribution >= 0.6 is 22.9 Å². The van der Waals surface area contributed by atoms with E-state index in [4.69, 9.17) is 11.6 Å². The molecule has 3 rings (SSSR count). The highest BCUT2D eigenvalue weighted by atomic mass is 35.5. The maximum absolute atomic E-state index is 12.6. The van der Waals surface area contributed by atoms with E-state index >= 15 is 0 Å². The number of amides is 1. The van der Waals surface area contributed by atoms with Crippen molar-refractivity contribution in [3.8, 4) is 0 Å². The molecule has 8 heteroatoms. The molecule has 2 heterocycles. The molecule has 1 amide bonds. The highest BCUT2D eigenvalue weighted by molar-refractivity contribution is 7.14. The van der Waals surface area contributed by atoms with Crippen molar-refractivity contribution in [2.75, 3.05) is 5.32 Å². The van der Waals surface area contributed by atoms with Crippen LogP contribution < -0.4 is 10.6 Å². The number of aliphatic carboxylic acids is 1. The van der Waals surface area contributed by atoms with E-state index in [-0.39, 0.29) is 11.9 Å². The fourth-order valence-electron chi connectivity index (χ4n) is 3.70. The number of carbonyl (C=O) groups excluding carboxylic acids is 1. The third-order valence-corrected chi connectivity index (χ3v) is 6.82. The molecular weight excluding hydrogens is 410 g/mol. The molecule has 0 spiro atoms. The van der Waals surface area contributed by atoms with Crippen LogP contribution in [0.4, 0.5) is 5.69 Å². The van der Waals surface area contributed by atoms with Crippen LogP contribution in [-0.4, -0.2) is 28.0 Å².